The molecule has 2 aromatic rings. The van der Waals surface area contributed by atoms with Crippen LogP contribution in [0, 0.1) is 0 Å². The molecule has 0 aromatic carbocycles. The van der Waals surface area contributed by atoms with E-state index in [0.717, 1.165) is 31.8 Å². The third kappa shape index (κ3) is 3.18. The molecule has 0 unspecified atom stereocenters. The molecule has 1 aliphatic heterocycles. The lowest BCUT2D eigenvalue weighted by Gasteiger charge is -2.32. The molecule has 1 N–H and O–H groups in total. The summed E-state index contributed by atoms with van der Waals surface area (Å²) in [6.45, 7) is 1.49. The van der Waals surface area contributed by atoms with Gasteiger partial charge in [0.15, 0.2) is 0 Å². The first-order valence-corrected chi connectivity index (χ1v) is 8.15. The van der Waals surface area contributed by atoms with Gasteiger partial charge in [-0.05, 0) is 25.7 Å². The molecule has 2 aromatic heterocycles. The molecule has 7 heteroatoms. The molecular formula is C16H20N6O. The molecule has 1 saturated carbocycles. The van der Waals surface area contributed by atoms with Crippen LogP contribution in [0.15, 0.2) is 31.1 Å². The van der Waals surface area contributed by atoms with Crippen molar-refractivity contribution in [3.8, 4) is 0 Å². The molecular weight excluding hydrogens is 292 g/mol. The van der Waals surface area contributed by atoms with Gasteiger partial charge < -0.3 is 14.8 Å². The monoisotopic (exact) mass is 312 g/mol. The number of hydrogen-bond acceptors (Lipinski definition) is 4. The highest BCUT2D eigenvalue weighted by atomic mass is 16.2. The Labute approximate surface area is 134 Å². The number of hydrogen-bond donors (Lipinski definition) is 1. The van der Waals surface area contributed by atoms with Crippen LogP contribution in [0.25, 0.3) is 0 Å². The maximum atomic E-state index is 12.3. The van der Waals surface area contributed by atoms with E-state index in [2.05, 4.69) is 24.8 Å². The number of rotatable bonds is 3. The smallest absolute Gasteiger partial charge is 0.321 e. The van der Waals surface area contributed by atoms with Gasteiger partial charge >= 0.3 is 6.03 Å². The molecule has 0 spiro atoms. The van der Waals surface area contributed by atoms with Gasteiger partial charge in [0, 0.05) is 37.4 Å². The van der Waals surface area contributed by atoms with Crippen LogP contribution in [0.3, 0.4) is 0 Å². The van der Waals surface area contributed by atoms with Gasteiger partial charge in [-0.15, -0.1) is 0 Å². The van der Waals surface area contributed by atoms with Crippen molar-refractivity contribution in [1.29, 1.82) is 0 Å². The highest BCUT2D eigenvalue weighted by molar-refractivity contribution is 5.89. The van der Waals surface area contributed by atoms with Gasteiger partial charge in [-0.25, -0.2) is 19.7 Å². The van der Waals surface area contributed by atoms with E-state index in [0.29, 0.717) is 17.6 Å². The summed E-state index contributed by atoms with van der Waals surface area (Å²) >= 11 is 0. The van der Waals surface area contributed by atoms with E-state index in [-0.39, 0.29) is 6.03 Å². The van der Waals surface area contributed by atoms with E-state index in [1.807, 2.05) is 17.4 Å². The van der Waals surface area contributed by atoms with Crippen LogP contribution in [0.5, 0.6) is 0 Å². The van der Waals surface area contributed by atoms with Gasteiger partial charge in [-0.2, -0.15) is 0 Å². The summed E-state index contributed by atoms with van der Waals surface area (Å²) < 4.78 is 2.12. The Hall–Kier alpha value is -2.44. The Morgan fingerprint density at radius 2 is 1.87 bits per heavy atom. The molecule has 4 rings (SSSR count). The average Bonchev–Trinajstić information content (AvgIpc) is 3.30. The fraction of sp³-hybridized carbons (Fsp3) is 0.500. The number of imidazole rings is 1. The zero-order valence-corrected chi connectivity index (χ0v) is 12.9. The van der Waals surface area contributed by atoms with Crippen LogP contribution in [-0.2, 0) is 0 Å². The standard InChI is InChI=1S/C16H20N6O/c23-16(20-13-9-18-15(19-10-13)12-1-2-12)21-6-3-14(4-7-21)22-8-5-17-11-22/h5,8-12,14H,1-4,6-7H2,(H,20,23). The average molecular weight is 312 g/mol. The van der Waals surface area contributed by atoms with Gasteiger partial charge in [-0.1, -0.05) is 0 Å². The summed E-state index contributed by atoms with van der Waals surface area (Å²) in [4.78, 5) is 26.9. The Kier molecular flexibility index (Phi) is 3.69. The predicted octanol–water partition coefficient (Wildman–Crippen LogP) is 2.42. The van der Waals surface area contributed by atoms with Crippen LogP contribution in [0.4, 0.5) is 10.5 Å². The van der Waals surface area contributed by atoms with Crippen molar-refractivity contribution < 1.29 is 4.79 Å². The minimum absolute atomic E-state index is 0.0724. The lowest BCUT2D eigenvalue weighted by molar-refractivity contribution is 0.183. The number of urea groups is 1. The first kappa shape index (κ1) is 14.2. The number of anilines is 1. The number of likely N-dealkylation sites (tertiary alicyclic amines) is 1. The number of nitrogens with one attached hydrogen (secondary N) is 1. The topological polar surface area (TPSA) is 75.9 Å². The fourth-order valence-corrected chi connectivity index (χ4v) is 3.01. The molecule has 7 nitrogen and oxygen atoms in total. The van der Waals surface area contributed by atoms with Crippen LogP contribution >= 0.6 is 0 Å². The highest BCUT2D eigenvalue weighted by Gasteiger charge is 2.27. The summed E-state index contributed by atoms with van der Waals surface area (Å²) in [5.41, 5.74) is 0.663. The molecule has 120 valence electrons. The molecule has 2 aliphatic rings. The van der Waals surface area contributed by atoms with Crippen LogP contribution in [0.1, 0.15) is 43.5 Å². The van der Waals surface area contributed by atoms with Gasteiger partial charge in [-0.3, -0.25) is 0 Å². The van der Waals surface area contributed by atoms with Gasteiger partial charge in [0.05, 0.1) is 24.4 Å². The summed E-state index contributed by atoms with van der Waals surface area (Å²) in [5, 5.41) is 2.89. The van der Waals surface area contributed by atoms with E-state index < -0.39 is 0 Å². The Balaban J connectivity index is 1.31. The van der Waals surface area contributed by atoms with Crippen molar-refractivity contribution in [1.82, 2.24) is 24.4 Å². The van der Waals surface area contributed by atoms with E-state index in [1.165, 1.54) is 12.8 Å². The van der Waals surface area contributed by atoms with Crippen molar-refractivity contribution in [2.24, 2.45) is 0 Å². The van der Waals surface area contributed by atoms with Gasteiger partial charge in [0.2, 0.25) is 0 Å². The van der Waals surface area contributed by atoms with Crippen LogP contribution < -0.4 is 5.32 Å². The number of carbonyl (C=O) groups is 1. The third-order valence-corrected chi connectivity index (χ3v) is 4.56. The van der Waals surface area contributed by atoms with Crippen molar-refractivity contribution in [2.75, 3.05) is 18.4 Å². The molecule has 0 atom stereocenters. The van der Waals surface area contributed by atoms with Gasteiger partial charge in [0.25, 0.3) is 0 Å². The molecule has 0 radical (unpaired) electrons. The minimum atomic E-state index is -0.0724. The first-order valence-electron chi connectivity index (χ1n) is 8.15. The third-order valence-electron chi connectivity index (χ3n) is 4.56. The first-order chi connectivity index (χ1) is 11.3. The maximum Gasteiger partial charge on any atom is 0.321 e. The predicted molar refractivity (Wildman–Crippen MR) is 85.1 cm³/mol. The Morgan fingerprint density at radius 3 is 2.48 bits per heavy atom. The second-order valence-electron chi connectivity index (χ2n) is 6.26. The van der Waals surface area contributed by atoms with E-state index in [4.69, 9.17) is 0 Å². The van der Waals surface area contributed by atoms with Crippen molar-refractivity contribution in [3.05, 3.63) is 36.9 Å². The maximum absolute atomic E-state index is 12.3. The number of nitrogens with zero attached hydrogens (tertiary/aromatic N) is 5. The summed E-state index contributed by atoms with van der Waals surface area (Å²) in [7, 11) is 0. The molecule has 2 amide bonds. The normalized spacial score (nSPS) is 18.9. The second kappa shape index (κ2) is 5.98. The van der Waals surface area contributed by atoms with Crippen LogP contribution in [-0.4, -0.2) is 43.5 Å². The highest BCUT2D eigenvalue weighted by Crippen LogP contribution is 2.37. The summed E-state index contributed by atoms with van der Waals surface area (Å²) in [5.74, 6) is 1.42. The largest absolute Gasteiger partial charge is 0.334 e. The molecule has 3 heterocycles. The lowest BCUT2D eigenvalue weighted by atomic mass is 10.1. The fourth-order valence-electron chi connectivity index (χ4n) is 3.01. The zero-order chi connectivity index (χ0) is 15.6. The molecule has 2 fully saturated rings. The van der Waals surface area contributed by atoms with Crippen molar-refractivity contribution in [2.45, 2.75) is 37.6 Å². The lowest BCUT2D eigenvalue weighted by Crippen LogP contribution is -2.41. The minimum Gasteiger partial charge on any atom is -0.334 e. The molecule has 23 heavy (non-hydrogen) atoms. The molecule has 1 aliphatic carbocycles. The van der Waals surface area contributed by atoms with Crippen molar-refractivity contribution >= 4 is 11.7 Å². The SMILES string of the molecule is O=C(Nc1cnc(C2CC2)nc1)N1CCC(n2ccnc2)CC1. The van der Waals surface area contributed by atoms with Crippen LogP contribution in [0.2, 0.25) is 0 Å². The second-order valence-corrected chi connectivity index (χ2v) is 6.26. The van der Waals surface area contributed by atoms with E-state index in [9.17, 15) is 4.79 Å². The van der Waals surface area contributed by atoms with Crippen molar-refractivity contribution in [3.63, 3.8) is 0 Å². The number of piperidine rings is 1. The Bertz CT molecular complexity index is 656. The number of amides is 2. The quantitative estimate of drug-likeness (QED) is 0.944. The number of aromatic nitrogens is 4. The van der Waals surface area contributed by atoms with Gasteiger partial charge in [0.1, 0.15) is 5.82 Å². The molecule has 1 saturated heterocycles. The van der Waals surface area contributed by atoms with E-state index in [1.54, 1.807) is 18.6 Å². The van der Waals surface area contributed by atoms with E-state index >= 15 is 0 Å². The number of carbonyl (C=O) groups excluding carboxylic acids is 1. The summed E-state index contributed by atoms with van der Waals surface area (Å²) in [6.07, 6.45) is 13.3. The zero-order valence-electron chi connectivity index (χ0n) is 12.9. The molecule has 0 bridgehead atoms. The Morgan fingerprint density at radius 1 is 1.13 bits per heavy atom. The summed E-state index contributed by atoms with van der Waals surface area (Å²) in [6, 6.07) is 0.361.